The molecule has 3 aromatic carbocycles. The molecule has 0 aliphatic carbocycles. The zero-order valence-electron chi connectivity index (χ0n) is 24.1. The van der Waals surface area contributed by atoms with Gasteiger partial charge in [-0.15, -0.1) is 0 Å². The highest BCUT2D eigenvalue weighted by Gasteiger charge is 2.33. The molecule has 3 aromatic rings. The standard InChI is InChI=1S/C31H38FN3O5S/c1-6-23(4)33-31(37)24(5)34(20-25-10-8-9-11-29(25)32)30(36)21-35(26-14-12-22(3)13-15-26)41(38,39)28-18-16-27(17-19-28)40-7-2/h8-19,23-24H,6-7,20-21H2,1-5H3,(H,33,37)/t23-,24+/m1/s1. The molecule has 0 aromatic heterocycles. The quantitative estimate of drug-likeness (QED) is 0.304. The number of nitrogens with one attached hydrogen (secondary N) is 1. The number of nitrogens with zero attached hydrogens (tertiary/aromatic N) is 2. The van der Waals surface area contributed by atoms with E-state index in [-0.39, 0.29) is 28.7 Å². The van der Waals surface area contributed by atoms with Gasteiger partial charge in [0.2, 0.25) is 11.8 Å². The number of hydrogen-bond donors (Lipinski definition) is 1. The summed E-state index contributed by atoms with van der Waals surface area (Å²) < 4.78 is 48.9. The van der Waals surface area contributed by atoms with Crippen molar-refractivity contribution in [2.45, 2.75) is 64.6 Å². The van der Waals surface area contributed by atoms with E-state index in [9.17, 15) is 22.4 Å². The Labute approximate surface area is 242 Å². The van der Waals surface area contributed by atoms with Gasteiger partial charge >= 0.3 is 0 Å². The third kappa shape index (κ3) is 8.07. The van der Waals surface area contributed by atoms with Crippen molar-refractivity contribution in [1.82, 2.24) is 10.2 Å². The summed E-state index contributed by atoms with van der Waals surface area (Å²) in [5.41, 5.74) is 1.40. The maximum Gasteiger partial charge on any atom is 0.264 e. The summed E-state index contributed by atoms with van der Waals surface area (Å²) in [5.74, 6) is -1.09. The fourth-order valence-electron chi connectivity index (χ4n) is 4.10. The van der Waals surface area contributed by atoms with Gasteiger partial charge in [0.25, 0.3) is 10.0 Å². The molecule has 1 N–H and O–H groups in total. The molecule has 2 atom stereocenters. The third-order valence-corrected chi connectivity index (χ3v) is 8.58. The van der Waals surface area contributed by atoms with Gasteiger partial charge in [-0.05, 0) is 76.6 Å². The molecule has 41 heavy (non-hydrogen) atoms. The molecule has 2 amide bonds. The molecule has 0 unspecified atom stereocenters. The number of hydrogen-bond acceptors (Lipinski definition) is 5. The number of anilines is 1. The second-order valence-corrected chi connectivity index (χ2v) is 11.7. The first-order valence-corrected chi connectivity index (χ1v) is 15.1. The lowest BCUT2D eigenvalue weighted by molar-refractivity contribution is -0.139. The first-order valence-electron chi connectivity index (χ1n) is 13.6. The third-order valence-electron chi connectivity index (χ3n) is 6.79. The van der Waals surface area contributed by atoms with Gasteiger partial charge in [0.05, 0.1) is 17.2 Å². The Bertz CT molecular complexity index is 1430. The lowest BCUT2D eigenvalue weighted by Crippen LogP contribution is -2.52. The summed E-state index contributed by atoms with van der Waals surface area (Å²) in [7, 11) is -4.22. The van der Waals surface area contributed by atoms with E-state index in [0.717, 1.165) is 9.87 Å². The number of sulfonamides is 1. The Morgan fingerprint density at radius 3 is 2.17 bits per heavy atom. The molecule has 220 valence electrons. The lowest BCUT2D eigenvalue weighted by atomic mass is 10.1. The van der Waals surface area contributed by atoms with Gasteiger partial charge < -0.3 is 15.0 Å². The summed E-state index contributed by atoms with van der Waals surface area (Å²) in [5, 5.41) is 2.86. The van der Waals surface area contributed by atoms with E-state index in [1.165, 1.54) is 35.2 Å². The normalized spacial score (nSPS) is 12.7. The van der Waals surface area contributed by atoms with Crippen molar-refractivity contribution in [1.29, 1.82) is 0 Å². The maximum atomic E-state index is 14.7. The van der Waals surface area contributed by atoms with Crippen molar-refractivity contribution < 1.29 is 27.1 Å². The van der Waals surface area contributed by atoms with Gasteiger partial charge in [-0.25, -0.2) is 12.8 Å². The molecule has 0 saturated heterocycles. The summed E-state index contributed by atoms with van der Waals surface area (Å²) in [6, 6.07) is 17.5. The fourth-order valence-corrected chi connectivity index (χ4v) is 5.51. The van der Waals surface area contributed by atoms with Gasteiger partial charge in [-0.1, -0.05) is 42.8 Å². The second-order valence-electron chi connectivity index (χ2n) is 9.86. The van der Waals surface area contributed by atoms with Crippen molar-refractivity contribution in [2.75, 3.05) is 17.5 Å². The Morgan fingerprint density at radius 1 is 0.951 bits per heavy atom. The van der Waals surface area contributed by atoms with Gasteiger partial charge in [0.15, 0.2) is 0 Å². The van der Waals surface area contributed by atoms with Crippen molar-refractivity contribution in [3.8, 4) is 5.75 Å². The van der Waals surface area contributed by atoms with Gasteiger partial charge in [-0.3, -0.25) is 13.9 Å². The number of ether oxygens (including phenoxy) is 1. The van der Waals surface area contributed by atoms with E-state index in [0.29, 0.717) is 18.8 Å². The van der Waals surface area contributed by atoms with Crippen LogP contribution >= 0.6 is 0 Å². The monoisotopic (exact) mass is 583 g/mol. The number of amides is 2. The second kappa shape index (κ2) is 14.1. The van der Waals surface area contributed by atoms with E-state index >= 15 is 0 Å². The van der Waals surface area contributed by atoms with Gasteiger partial charge in [-0.2, -0.15) is 0 Å². The van der Waals surface area contributed by atoms with Crippen LogP contribution in [0.2, 0.25) is 0 Å². The number of carbonyl (C=O) groups excluding carboxylic acids is 2. The van der Waals surface area contributed by atoms with Crippen LogP contribution in [0.5, 0.6) is 5.75 Å². The van der Waals surface area contributed by atoms with Crippen LogP contribution in [0.4, 0.5) is 10.1 Å². The number of halogens is 1. The first kappa shape index (κ1) is 31.6. The Hall–Kier alpha value is -3.92. The summed E-state index contributed by atoms with van der Waals surface area (Å²) in [6.07, 6.45) is 0.682. The highest BCUT2D eigenvalue weighted by molar-refractivity contribution is 7.92. The van der Waals surface area contributed by atoms with Crippen LogP contribution in [0.3, 0.4) is 0 Å². The smallest absolute Gasteiger partial charge is 0.264 e. The van der Waals surface area contributed by atoms with Gasteiger partial charge in [0, 0.05) is 18.2 Å². The molecule has 0 heterocycles. The zero-order chi connectivity index (χ0) is 30.2. The van der Waals surface area contributed by atoms with Crippen LogP contribution in [0.25, 0.3) is 0 Å². The molecular weight excluding hydrogens is 545 g/mol. The minimum atomic E-state index is -4.22. The molecule has 0 spiro atoms. The van der Waals surface area contributed by atoms with Crippen molar-refractivity contribution in [2.24, 2.45) is 0 Å². The minimum absolute atomic E-state index is 0.0301. The predicted octanol–water partition coefficient (Wildman–Crippen LogP) is 5.06. The predicted molar refractivity (Wildman–Crippen MR) is 158 cm³/mol. The Kier molecular flexibility index (Phi) is 10.9. The lowest BCUT2D eigenvalue weighted by Gasteiger charge is -2.32. The fraction of sp³-hybridized carbons (Fsp3) is 0.355. The molecule has 0 fully saturated rings. The van der Waals surface area contributed by atoms with Crippen LogP contribution in [-0.2, 0) is 26.2 Å². The van der Waals surface area contributed by atoms with Crippen molar-refractivity contribution >= 4 is 27.5 Å². The van der Waals surface area contributed by atoms with Crippen LogP contribution in [-0.4, -0.2) is 50.4 Å². The SMILES string of the molecule is CCOc1ccc(S(=O)(=O)N(CC(=O)N(Cc2ccccc2F)[C@@H](C)C(=O)N[C@H](C)CC)c2ccc(C)cc2)cc1. The first-order chi connectivity index (χ1) is 19.5. The molecule has 0 radical (unpaired) electrons. The molecular formula is C31H38FN3O5S. The zero-order valence-corrected chi connectivity index (χ0v) is 24.9. The molecule has 8 nitrogen and oxygen atoms in total. The topological polar surface area (TPSA) is 96.0 Å². The number of rotatable bonds is 13. The molecule has 3 rings (SSSR count). The summed E-state index contributed by atoms with van der Waals surface area (Å²) in [6.45, 7) is 8.61. The highest BCUT2D eigenvalue weighted by atomic mass is 32.2. The van der Waals surface area contributed by atoms with E-state index in [1.54, 1.807) is 49.4 Å². The molecule has 10 heteroatoms. The van der Waals surface area contributed by atoms with Crippen LogP contribution in [0.15, 0.2) is 77.7 Å². The van der Waals surface area contributed by atoms with Crippen molar-refractivity contribution in [3.05, 3.63) is 89.7 Å². The van der Waals surface area contributed by atoms with Crippen LogP contribution in [0, 0.1) is 12.7 Å². The number of benzene rings is 3. The summed E-state index contributed by atoms with van der Waals surface area (Å²) >= 11 is 0. The molecule has 0 saturated carbocycles. The molecule has 0 aliphatic heterocycles. The maximum absolute atomic E-state index is 14.7. The average Bonchev–Trinajstić information content (AvgIpc) is 2.96. The van der Waals surface area contributed by atoms with Crippen LogP contribution in [0.1, 0.15) is 45.2 Å². The number of carbonyl (C=O) groups is 2. The Morgan fingerprint density at radius 2 is 1.59 bits per heavy atom. The van der Waals surface area contributed by atoms with Crippen LogP contribution < -0.4 is 14.4 Å². The highest BCUT2D eigenvalue weighted by Crippen LogP contribution is 2.26. The van der Waals surface area contributed by atoms with E-state index in [2.05, 4.69) is 5.32 Å². The van der Waals surface area contributed by atoms with Gasteiger partial charge in [0.1, 0.15) is 24.2 Å². The largest absolute Gasteiger partial charge is 0.494 e. The average molecular weight is 584 g/mol. The Balaban J connectivity index is 2.02. The van der Waals surface area contributed by atoms with Crippen molar-refractivity contribution in [3.63, 3.8) is 0 Å². The number of aryl methyl sites for hydroxylation is 1. The van der Waals surface area contributed by atoms with E-state index < -0.39 is 40.2 Å². The molecule has 0 bridgehead atoms. The van der Waals surface area contributed by atoms with E-state index in [4.69, 9.17) is 4.74 Å². The van der Waals surface area contributed by atoms with E-state index in [1.807, 2.05) is 27.7 Å². The molecule has 0 aliphatic rings. The minimum Gasteiger partial charge on any atom is -0.494 e. The summed E-state index contributed by atoms with van der Waals surface area (Å²) in [4.78, 5) is 28.2.